The lowest BCUT2D eigenvalue weighted by Crippen LogP contribution is -2.31. The Morgan fingerprint density at radius 3 is 1.44 bits per heavy atom. The highest BCUT2D eigenvalue weighted by molar-refractivity contribution is 6.01. The monoisotopic (exact) mass is 462 g/mol. The second-order valence-corrected chi connectivity index (χ2v) is 7.94. The average molecular weight is 463 g/mol. The number of nitrogens with zero attached hydrogens (tertiary/aromatic N) is 2. The van der Waals surface area contributed by atoms with E-state index in [9.17, 15) is 9.59 Å². The molecule has 6 N–H and O–H groups in total. The highest BCUT2D eigenvalue weighted by atomic mass is 16.2. The number of nitrogens with one attached hydrogen (secondary N) is 6. The van der Waals surface area contributed by atoms with Gasteiger partial charge >= 0.3 is 12.1 Å². The summed E-state index contributed by atoms with van der Waals surface area (Å²) in [6, 6.07) is 14.6. The minimum Gasteiger partial charge on any atom is -0.368 e. The minimum absolute atomic E-state index is 0.253. The fraction of sp³-hybridized carbons (Fsp3) is 0.333. The van der Waals surface area contributed by atoms with Gasteiger partial charge in [0.25, 0.3) is 0 Å². The summed E-state index contributed by atoms with van der Waals surface area (Å²) in [4.78, 5) is 32.9. The fourth-order valence-corrected chi connectivity index (χ4v) is 3.61. The van der Waals surface area contributed by atoms with E-state index < -0.39 is 0 Å². The summed E-state index contributed by atoms with van der Waals surface area (Å²) >= 11 is 0. The number of anilines is 2. The van der Waals surface area contributed by atoms with Gasteiger partial charge in [-0.2, -0.15) is 0 Å². The molecule has 0 unspecified atom stereocenters. The van der Waals surface area contributed by atoms with Crippen LogP contribution in [-0.2, 0) is 0 Å². The van der Waals surface area contributed by atoms with Crippen molar-refractivity contribution >= 4 is 35.1 Å². The highest BCUT2D eigenvalue weighted by Gasteiger charge is 2.09. The number of hydrogen-bond acceptors (Lipinski definition) is 6. The van der Waals surface area contributed by atoms with Crippen molar-refractivity contribution in [2.24, 2.45) is 9.98 Å². The SMILES string of the molecule is O=C(NCCCCNC(=O)Nc1ccc(C2=NCCN2)cc1)Nc1ccc(C2=NCCN2)cc1. The number of carbonyl (C=O) groups excluding carboxylic acids is 2. The van der Waals surface area contributed by atoms with Crippen molar-refractivity contribution in [3.05, 3.63) is 59.7 Å². The Morgan fingerprint density at radius 2 is 1.09 bits per heavy atom. The Hall–Kier alpha value is -4.08. The lowest BCUT2D eigenvalue weighted by Gasteiger charge is -2.10. The molecular formula is C24H30N8O2. The van der Waals surface area contributed by atoms with Crippen LogP contribution < -0.4 is 31.9 Å². The molecule has 0 spiro atoms. The largest absolute Gasteiger partial charge is 0.368 e. The maximum absolute atomic E-state index is 12.1. The van der Waals surface area contributed by atoms with Gasteiger partial charge in [-0.3, -0.25) is 9.98 Å². The number of amidine groups is 2. The van der Waals surface area contributed by atoms with E-state index in [1.807, 2.05) is 48.5 Å². The molecule has 10 nitrogen and oxygen atoms in total. The summed E-state index contributed by atoms with van der Waals surface area (Å²) < 4.78 is 0. The maximum Gasteiger partial charge on any atom is 0.319 e. The lowest BCUT2D eigenvalue weighted by atomic mass is 10.2. The maximum atomic E-state index is 12.1. The Bertz CT molecular complexity index is 962. The molecule has 4 amide bonds. The molecule has 0 bridgehead atoms. The van der Waals surface area contributed by atoms with Crippen molar-refractivity contribution in [1.82, 2.24) is 21.3 Å². The summed E-state index contributed by atoms with van der Waals surface area (Å²) in [6.07, 6.45) is 1.50. The normalized spacial score (nSPS) is 14.4. The first kappa shape index (κ1) is 23.1. The van der Waals surface area contributed by atoms with Crippen molar-refractivity contribution in [2.45, 2.75) is 12.8 Å². The molecule has 2 aliphatic heterocycles. The van der Waals surface area contributed by atoms with E-state index in [1.54, 1.807) is 0 Å². The molecule has 0 radical (unpaired) electrons. The van der Waals surface area contributed by atoms with Gasteiger partial charge in [-0.05, 0) is 61.4 Å². The zero-order valence-electron chi connectivity index (χ0n) is 19.0. The van der Waals surface area contributed by atoms with Gasteiger partial charge < -0.3 is 31.9 Å². The molecule has 0 atom stereocenters. The fourth-order valence-electron chi connectivity index (χ4n) is 3.61. The van der Waals surface area contributed by atoms with E-state index in [4.69, 9.17) is 0 Å². The smallest absolute Gasteiger partial charge is 0.319 e. The number of rotatable bonds is 9. The summed E-state index contributed by atoms with van der Waals surface area (Å²) in [5.74, 6) is 1.78. The van der Waals surface area contributed by atoms with Crippen molar-refractivity contribution < 1.29 is 9.59 Å². The molecule has 0 fully saturated rings. The molecule has 2 aromatic rings. The zero-order valence-corrected chi connectivity index (χ0v) is 19.0. The average Bonchev–Trinajstić information content (AvgIpc) is 3.57. The van der Waals surface area contributed by atoms with Crippen LogP contribution in [0, 0.1) is 0 Å². The van der Waals surface area contributed by atoms with Crippen LogP contribution in [-0.4, -0.2) is 63.0 Å². The van der Waals surface area contributed by atoms with E-state index in [-0.39, 0.29) is 12.1 Å². The van der Waals surface area contributed by atoms with Crippen molar-refractivity contribution in [1.29, 1.82) is 0 Å². The van der Waals surface area contributed by atoms with Crippen LogP contribution >= 0.6 is 0 Å². The predicted molar refractivity (Wildman–Crippen MR) is 135 cm³/mol. The van der Waals surface area contributed by atoms with Crippen LogP contribution in [0.15, 0.2) is 58.5 Å². The summed E-state index contributed by atoms with van der Waals surface area (Å²) in [7, 11) is 0. The second kappa shape index (κ2) is 11.7. The Kier molecular flexibility index (Phi) is 7.94. The van der Waals surface area contributed by atoms with E-state index in [1.165, 1.54) is 0 Å². The van der Waals surface area contributed by atoms with Crippen molar-refractivity contribution in [2.75, 3.05) is 49.9 Å². The third kappa shape index (κ3) is 6.71. The van der Waals surface area contributed by atoms with Crippen LogP contribution in [0.25, 0.3) is 0 Å². The molecule has 0 saturated carbocycles. The van der Waals surface area contributed by atoms with Gasteiger partial charge in [-0.15, -0.1) is 0 Å². The summed E-state index contributed by atoms with van der Waals surface area (Å²) in [5, 5.41) is 17.7. The number of carbonyl (C=O) groups is 2. The third-order valence-corrected chi connectivity index (χ3v) is 5.36. The molecule has 10 heteroatoms. The van der Waals surface area contributed by atoms with Gasteiger partial charge in [-0.25, -0.2) is 9.59 Å². The number of hydrogen-bond donors (Lipinski definition) is 6. The highest BCUT2D eigenvalue weighted by Crippen LogP contribution is 2.12. The number of benzene rings is 2. The summed E-state index contributed by atoms with van der Waals surface area (Å²) in [5.41, 5.74) is 3.46. The van der Waals surface area contributed by atoms with Crippen LogP contribution in [0.5, 0.6) is 0 Å². The van der Waals surface area contributed by atoms with Crippen LogP contribution in [0.3, 0.4) is 0 Å². The lowest BCUT2D eigenvalue weighted by molar-refractivity contribution is 0.250. The standard InChI is InChI=1S/C24H30N8O2/c33-23(31-19-7-3-17(4-8-19)21-25-13-14-26-21)29-11-1-2-12-30-24(34)32-20-9-5-18(6-10-20)22-27-15-16-28-22/h3-10H,1-2,11-16H2,(H,25,26)(H,27,28)(H2,29,31,33)(H2,30,32,34). The van der Waals surface area contributed by atoms with E-state index in [0.717, 1.165) is 73.2 Å². The predicted octanol–water partition coefficient (Wildman–Crippen LogP) is 2.11. The van der Waals surface area contributed by atoms with Crippen molar-refractivity contribution in [3.63, 3.8) is 0 Å². The summed E-state index contributed by atoms with van der Waals surface area (Å²) in [6.45, 7) is 4.35. The molecule has 2 heterocycles. The number of amides is 4. The first-order chi connectivity index (χ1) is 16.7. The number of unbranched alkanes of at least 4 members (excludes halogenated alkanes) is 1. The molecular weight excluding hydrogens is 432 g/mol. The van der Waals surface area contributed by atoms with Crippen LogP contribution in [0.1, 0.15) is 24.0 Å². The molecule has 0 saturated heterocycles. The van der Waals surface area contributed by atoms with Gasteiger partial charge in [0, 0.05) is 48.7 Å². The number of aliphatic imine (C=N–C) groups is 2. The molecule has 0 aliphatic carbocycles. The molecule has 0 aromatic heterocycles. The molecule has 2 aromatic carbocycles. The molecule has 2 aliphatic rings. The Balaban J connectivity index is 1.06. The zero-order chi connectivity index (χ0) is 23.6. The Morgan fingerprint density at radius 1 is 0.676 bits per heavy atom. The molecule has 178 valence electrons. The van der Waals surface area contributed by atoms with E-state index in [2.05, 4.69) is 41.9 Å². The first-order valence-electron chi connectivity index (χ1n) is 11.5. The van der Waals surface area contributed by atoms with E-state index >= 15 is 0 Å². The van der Waals surface area contributed by atoms with Gasteiger partial charge in [0.15, 0.2) is 0 Å². The van der Waals surface area contributed by atoms with E-state index in [0.29, 0.717) is 13.1 Å². The second-order valence-electron chi connectivity index (χ2n) is 7.94. The number of urea groups is 2. The first-order valence-corrected chi connectivity index (χ1v) is 11.5. The third-order valence-electron chi connectivity index (χ3n) is 5.36. The minimum atomic E-state index is -0.253. The molecule has 4 rings (SSSR count). The molecule has 34 heavy (non-hydrogen) atoms. The van der Waals surface area contributed by atoms with Gasteiger partial charge in [0.2, 0.25) is 0 Å². The van der Waals surface area contributed by atoms with Gasteiger partial charge in [0.1, 0.15) is 11.7 Å². The topological polar surface area (TPSA) is 131 Å². The van der Waals surface area contributed by atoms with Crippen LogP contribution in [0.2, 0.25) is 0 Å². The quantitative estimate of drug-likeness (QED) is 0.319. The van der Waals surface area contributed by atoms with Gasteiger partial charge in [-0.1, -0.05) is 0 Å². The Labute approximate surface area is 198 Å². The van der Waals surface area contributed by atoms with Crippen LogP contribution in [0.4, 0.5) is 21.0 Å². The van der Waals surface area contributed by atoms with Gasteiger partial charge in [0.05, 0.1) is 13.1 Å². The van der Waals surface area contributed by atoms with Crippen molar-refractivity contribution in [3.8, 4) is 0 Å².